The molecule has 2 heterocycles. The van der Waals surface area contributed by atoms with Gasteiger partial charge < -0.3 is 9.64 Å². The summed E-state index contributed by atoms with van der Waals surface area (Å²) in [4.78, 5) is 25.8. The van der Waals surface area contributed by atoms with E-state index in [0.717, 1.165) is 11.1 Å². The number of nitrogens with zero attached hydrogens (tertiary/aromatic N) is 3. The fourth-order valence-corrected chi connectivity index (χ4v) is 3.09. The van der Waals surface area contributed by atoms with E-state index in [1.807, 2.05) is 25.1 Å². The molecule has 6 heteroatoms. The van der Waals surface area contributed by atoms with Crippen molar-refractivity contribution in [1.82, 2.24) is 14.7 Å². The zero-order valence-corrected chi connectivity index (χ0v) is 14.2. The molecular formula is C19H21N3O3. The van der Waals surface area contributed by atoms with E-state index in [2.05, 4.69) is 17.7 Å². The second-order valence-electron chi connectivity index (χ2n) is 6.16. The summed E-state index contributed by atoms with van der Waals surface area (Å²) >= 11 is 0. The predicted molar refractivity (Wildman–Crippen MR) is 94.1 cm³/mol. The largest absolute Gasteiger partial charge is 0.369 e. The summed E-state index contributed by atoms with van der Waals surface area (Å²) in [5.74, 6) is -0.171. The maximum atomic E-state index is 12.1. The van der Waals surface area contributed by atoms with Crippen LogP contribution in [0.2, 0.25) is 0 Å². The van der Waals surface area contributed by atoms with Crippen LogP contribution in [0.25, 0.3) is 0 Å². The molecule has 0 bridgehead atoms. The Kier molecular flexibility index (Phi) is 5.09. The molecule has 0 unspecified atom stereocenters. The predicted octanol–water partition coefficient (Wildman–Crippen LogP) is 1.71. The first-order valence-corrected chi connectivity index (χ1v) is 8.21. The highest BCUT2D eigenvalue weighted by Gasteiger charge is 2.37. The van der Waals surface area contributed by atoms with Gasteiger partial charge in [0.1, 0.15) is 6.04 Å². The molecule has 1 fully saturated rings. The lowest BCUT2D eigenvalue weighted by Gasteiger charge is -2.19. The van der Waals surface area contributed by atoms with Crippen LogP contribution in [-0.4, -0.2) is 39.8 Å². The van der Waals surface area contributed by atoms with Gasteiger partial charge >= 0.3 is 0 Å². The third-order valence-corrected chi connectivity index (χ3v) is 4.33. The van der Waals surface area contributed by atoms with Crippen LogP contribution >= 0.6 is 0 Å². The van der Waals surface area contributed by atoms with E-state index < -0.39 is 0 Å². The second-order valence-corrected chi connectivity index (χ2v) is 6.16. The molecule has 1 aliphatic heterocycles. The third-order valence-electron chi connectivity index (χ3n) is 4.33. The van der Waals surface area contributed by atoms with Gasteiger partial charge in [0, 0.05) is 25.4 Å². The molecule has 0 spiro atoms. The van der Waals surface area contributed by atoms with Gasteiger partial charge in [-0.25, -0.2) is 4.68 Å². The summed E-state index contributed by atoms with van der Waals surface area (Å²) in [5.41, 5.74) is 2.01. The van der Waals surface area contributed by atoms with Crippen molar-refractivity contribution in [2.45, 2.75) is 25.7 Å². The van der Waals surface area contributed by atoms with Gasteiger partial charge in [-0.2, -0.15) is 5.10 Å². The SMILES string of the molecule is C=CC(=O)N1C[C@@H](n2ncccc2=O)[C@H](OCc2cccc(C)c2)C1. The highest BCUT2D eigenvalue weighted by Crippen LogP contribution is 2.24. The van der Waals surface area contributed by atoms with E-state index in [1.54, 1.807) is 17.2 Å². The summed E-state index contributed by atoms with van der Waals surface area (Å²) < 4.78 is 7.46. The summed E-state index contributed by atoms with van der Waals surface area (Å²) in [6.07, 6.45) is 2.54. The molecule has 1 aromatic heterocycles. The Labute approximate surface area is 146 Å². The van der Waals surface area contributed by atoms with Crippen LogP contribution < -0.4 is 5.56 Å². The number of aryl methyl sites for hydroxylation is 1. The Hall–Kier alpha value is -2.73. The number of carbonyl (C=O) groups is 1. The first-order chi connectivity index (χ1) is 12.1. The third kappa shape index (κ3) is 3.85. The van der Waals surface area contributed by atoms with Gasteiger partial charge in [-0.1, -0.05) is 36.4 Å². The van der Waals surface area contributed by atoms with Gasteiger partial charge in [0.05, 0.1) is 12.7 Å². The number of carbonyl (C=O) groups excluding carboxylic acids is 1. The van der Waals surface area contributed by atoms with Crippen molar-refractivity contribution in [3.05, 3.63) is 76.7 Å². The second kappa shape index (κ2) is 7.44. The maximum Gasteiger partial charge on any atom is 0.267 e. The molecule has 0 radical (unpaired) electrons. The van der Waals surface area contributed by atoms with Gasteiger partial charge in [0.2, 0.25) is 5.91 Å². The smallest absolute Gasteiger partial charge is 0.267 e. The van der Waals surface area contributed by atoms with E-state index in [0.29, 0.717) is 19.7 Å². The van der Waals surface area contributed by atoms with Crippen molar-refractivity contribution in [1.29, 1.82) is 0 Å². The van der Waals surface area contributed by atoms with Gasteiger partial charge in [0.25, 0.3) is 5.56 Å². The number of hydrogen-bond acceptors (Lipinski definition) is 4. The van der Waals surface area contributed by atoms with Crippen molar-refractivity contribution < 1.29 is 9.53 Å². The summed E-state index contributed by atoms with van der Waals surface area (Å²) in [7, 11) is 0. The van der Waals surface area contributed by atoms with Crippen LogP contribution in [0.1, 0.15) is 17.2 Å². The Morgan fingerprint density at radius 2 is 2.20 bits per heavy atom. The van der Waals surface area contributed by atoms with E-state index in [4.69, 9.17) is 4.74 Å². The molecule has 1 aliphatic rings. The Morgan fingerprint density at radius 3 is 2.92 bits per heavy atom. The maximum absolute atomic E-state index is 12.1. The zero-order chi connectivity index (χ0) is 17.8. The van der Waals surface area contributed by atoms with Gasteiger partial charge in [-0.3, -0.25) is 9.59 Å². The first-order valence-electron chi connectivity index (χ1n) is 8.21. The van der Waals surface area contributed by atoms with Crippen molar-refractivity contribution in [2.75, 3.05) is 13.1 Å². The van der Waals surface area contributed by atoms with Gasteiger partial charge in [-0.15, -0.1) is 0 Å². The van der Waals surface area contributed by atoms with Crippen molar-refractivity contribution in [3.63, 3.8) is 0 Å². The molecule has 1 aromatic carbocycles. The molecule has 1 amide bonds. The minimum atomic E-state index is -0.317. The first kappa shape index (κ1) is 17.1. The molecule has 6 nitrogen and oxygen atoms in total. The van der Waals surface area contributed by atoms with Gasteiger partial charge in [0.15, 0.2) is 0 Å². The Morgan fingerprint density at radius 1 is 1.36 bits per heavy atom. The lowest BCUT2D eigenvalue weighted by molar-refractivity contribution is -0.125. The summed E-state index contributed by atoms with van der Waals surface area (Å²) in [5, 5.41) is 4.16. The average molecular weight is 339 g/mol. The van der Waals surface area contributed by atoms with Crippen molar-refractivity contribution in [3.8, 4) is 0 Å². The molecular weight excluding hydrogens is 318 g/mol. The van der Waals surface area contributed by atoms with Crippen LogP contribution in [0.15, 0.2) is 60.0 Å². The van der Waals surface area contributed by atoms with Crippen molar-refractivity contribution in [2.24, 2.45) is 0 Å². The van der Waals surface area contributed by atoms with E-state index >= 15 is 0 Å². The van der Waals surface area contributed by atoms with E-state index in [1.165, 1.54) is 16.8 Å². The lowest BCUT2D eigenvalue weighted by Crippen LogP contribution is -2.34. The molecule has 2 aromatic rings. The highest BCUT2D eigenvalue weighted by molar-refractivity contribution is 5.87. The highest BCUT2D eigenvalue weighted by atomic mass is 16.5. The minimum absolute atomic E-state index is 0.171. The number of ether oxygens (including phenoxy) is 1. The van der Waals surface area contributed by atoms with Crippen molar-refractivity contribution >= 4 is 5.91 Å². The molecule has 25 heavy (non-hydrogen) atoms. The normalized spacial score (nSPS) is 19.8. The number of amides is 1. The fraction of sp³-hybridized carbons (Fsp3) is 0.316. The molecule has 0 saturated carbocycles. The number of hydrogen-bond donors (Lipinski definition) is 0. The summed E-state index contributed by atoms with van der Waals surface area (Å²) in [6, 6.07) is 10.8. The summed E-state index contributed by atoms with van der Waals surface area (Å²) in [6.45, 7) is 6.76. The number of aromatic nitrogens is 2. The number of rotatable bonds is 5. The van der Waals surface area contributed by atoms with Gasteiger partial charge in [-0.05, 0) is 24.6 Å². The van der Waals surface area contributed by atoms with Crippen LogP contribution in [0.4, 0.5) is 0 Å². The standard InChI is InChI=1S/C19H21N3O3/c1-3-18(23)21-11-16(22-19(24)8-5-9-20-22)17(12-21)25-13-15-7-4-6-14(2)10-15/h3-10,16-17H,1,11-13H2,2H3/t16-,17-/m1/s1. The number of likely N-dealkylation sites (tertiary alicyclic amines) is 1. The fourth-order valence-electron chi connectivity index (χ4n) is 3.09. The quantitative estimate of drug-likeness (QED) is 0.778. The zero-order valence-electron chi connectivity index (χ0n) is 14.2. The average Bonchev–Trinajstić information content (AvgIpc) is 3.04. The van der Waals surface area contributed by atoms with Crippen LogP contribution in [0, 0.1) is 6.92 Å². The van der Waals surface area contributed by atoms with E-state index in [9.17, 15) is 9.59 Å². The Balaban J connectivity index is 1.80. The van der Waals surface area contributed by atoms with Crippen LogP contribution in [0.3, 0.4) is 0 Å². The molecule has 0 N–H and O–H groups in total. The minimum Gasteiger partial charge on any atom is -0.369 e. The molecule has 130 valence electrons. The molecule has 1 saturated heterocycles. The molecule has 0 aliphatic carbocycles. The monoisotopic (exact) mass is 339 g/mol. The topological polar surface area (TPSA) is 64.4 Å². The van der Waals surface area contributed by atoms with Crippen LogP contribution in [-0.2, 0) is 16.1 Å². The van der Waals surface area contributed by atoms with Crippen LogP contribution in [0.5, 0.6) is 0 Å². The molecule has 3 rings (SSSR count). The lowest BCUT2D eigenvalue weighted by atomic mass is 10.1. The Bertz CT molecular complexity index is 830. The van der Waals surface area contributed by atoms with E-state index in [-0.39, 0.29) is 23.6 Å². The number of benzene rings is 1. The molecule has 2 atom stereocenters.